The maximum atomic E-state index is 14.0. The van der Waals surface area contributed by atoms with Gasteiger partial charge in [-0.2, -0.15) is 0 Å². The van der Waals surface area contributed by atoms with Crippen LogP contribution in [0.2, 0.25) is 5.02 Å². The van der Waals surface area contributed by atoms with Crippen LogP contribution in [0.15, 0.2) is 42.5 Å². The summed E-state index contributed by atoms with van der Waals surface area (Å²) in [5.74, 6) is -2.74. The van der Waals surface area contributed by atoms with Crippen molar-refractivity contribution < 1.29 is 22.0 Å². The summed E-state index contributed by atoms with van der Waals surface area (Å²) in [5, 5.41) is 11.4. The van der Waals surface area contributed by atoms with Gasteiger partial charge in [0, 0.05) is 16.7 Å². The number of carbonyl (C=O) groups excluding carboxylic acids is 1. The first-order valence-corrected chi connectivity index (χ1v) is 11.0. The minimum atomic E-state index is -4.02. The van der Waals surface area contributed by atoms with Crippen LogP contribution in [-0.4, -0.2) is 37.3 Å². The lowest BCUT2D eigenvalue weighted by molar-refractivity contribution is -0.114. The second-order valence-electron chi connectivity index (χ2n) is 5.83. The Hall–Kier alpha value is -2.63. The molecule has 0 radical (unpaired) electrons. The highest BCUT2D eigenvalue weighted by molar-refractivity contribution is 7.92. The maximum Gasteiger partial charge on any atom is 0.246 e. The van der Waals surface area contributed by atoms with Crippen LogP contribution in [0.4, 0.5) is 19.6 Å². The fourth-order valence-electron chi connectivity index (χ4n) is 2.34. The Bertz CT molecular complexity index is 1150. The number of carbonyl (C=O) groups is 1. The number of hydrogen-bond acceptors (Lipinski definition) is 6. The highest BCUT2D eigenvalue weighted by Crippen LogP contribution is 2.28. The minimum Gasteiger partial charge on any atom is -0.299 e. The van der Waals surface area contributed by atoms with Crippen molar-refractivity contribution in [2.45, 2.75) is 0 Å². The van der Waals surface area contributed by atoms with E-state index in [1.54, 1.807) is 24.3 Å². The van der Waals surface area contributed by atoms with E-state index >= 15 is 0 Å². The van der Waals surface area contributed by atoms with E-state index in [1.165, 1.54) is 0 Å². The molecule has 2 aromatic carbocycles. The summed E-state index contributed by atoms with van der Waals surface area (Å²) in [6.45, 7) is -0.725. The van der Waals surface area contributed by atoms with Crippen LogP contribution in [0.25, 0.3) is 10.6 Å². The molecule has 0 bridgehead atoms. The van der Waals surface area contributed by atoms with Crippen LogP contribution in [0.5, 0.6) is 0 Å². The Kier molecular flexibility index (Phi) is 6.10. The first-order valence-electron chi connectivity index (χ1n) is 7.95. The van der Waals surface area contributed by atoms with Gasteiger partial charge in [-0.3, -0.25) is 14.4 Å². The number of aromatic nitrogens is 2. The molecular formula is C17H13ClF2N4O3S2. The fourth-order valence-corrected chi connectivity index (χ4v) is 4.09. The zero-order chi connectivity index (χ0) is 21.2. The van der Waals surface area contributed by atoms with E-state index in [4.69, 9.17) is 11.6 Å². The number of rotatable bonds is 6. The Balaban J connectivity index is 1.77. The van der Waals surface area contributed by atoms with Crippen molar-refractivity contribution in [3.63, 3.8) is 0 Å². The first kappa shape index (κ1) is 21.1. The van der Waals surface area contributed by atoms with Gasteiger partial charge in [-0.25, -0.2) is 17.2 Å². The summed E-state index contributed by atoms with van der Waals surface area (Å²) < 4.78 is 51.7. The Morgan fingerprint density at radius 3 is 2.48 bits per heavy atom. The molecule has 3 rings (SSSR count). The Morgan fingerprint density at radius 2 is 1.86 bits per heavy atom. The number of hydrogen-bond donors (Lipinski definition) is 1. The van der Waals surface area contributed by atoms with Crippen LogP contribution in [0, 0.1) is 11.6 Å². The summed E-state index contributed by atoms with van der Waals surface area (Å²) in [6, 6.07) is 9.21. The van der Waals surface area contributed by atoms with Gasteiger partial charge < -0.3 is 0 Å². The van der Waals surface area contributed by atoms with Crippen LogP contribution in [-0.2, 0) is 14.8 Å². The normalized spacial score (nSPS) is 11.3. The summed E-state index contributed by atoms with van der Waals surface area (Å²) in [5.41, 5.74) is 0.293. The van der Waals surface area contributed by atoms with E-state index in [1.807, 2.05) is 0 Å². The molecule has 12 heteroatoms. The van der Waals surface area contributed by atoms with Gasteiger partial charge in [-0.05, 0) is 24.3 Å². The van der Waals surface area contributed by atoms with E-state index < -0.39 is 39.8 Å². The highest BCUT2D eigenvalue weighted by Gasteiger charge is 2.24. The molecule has 1 heterocycles. The monoisotopic (exact) mass is 458 g/mol. The number of benzene rings is 2. The lowest BCUT2D eigenvalue weighted by Crippen LogP contribution is -2.38. The third kappa shape index (κ3) is 5.25. The second-order valence-corrected chi connectivity index (χ2v) is 9.15. The van der Waals surface area contributed by atoms with Gasteiger partial charge in [0.05, 0.1) is 11.9 Å². The molecule has 0 saturated carbocycles. The average Bonchev–Trinajstić information content (AvgIpc) is 3.08. The predicted molar refractivity (Wildman–Crippen MR) is 108 cm³/mol. The molecule has 7 nitrogen and oxygen atoms in total. The summed E-state index contributed by atoms with van der Waals surface area (Å²) >= 11 is 6.90. The number of halogens is 3. The van der Waals surface area contributed by atoms with Crippen molar-refractivity contribution in [2.75, 3.05) is 22.4 Å². The van der Waals surface area contributed by atoms with Gasteiger partial charge in [-0.15, -0.1) is 10.2 Å². The highest BCUT2D eigenvalue weighted by atomic mass is 35.5. The lowest BCUT2D eigenvalue weighted by atomic mass is 10.2. The van der Waals surface area contributed by atoms with Gasteiger partial charge in [0.25, 0.3) is 0 Å². The first-order chi connectivity index (χ1) is 13.6. The molecule has 1 aromatic heterocycles. The van der Waals surface area contributed by atoms with Crippen molar-refractivity contribution in [3.05, 3.63) is 59.1 Å². The number of amides is 1. The molecule has 0 aliphatic carbocycles. The number of sulfonamides is 1. The van der Waals surface area contributed by atoms with Crippen molar-refractivity contribution in [1.29, 1.82) is 0 Å². The Morgan fingerprint density at radius 1 is 1.17 bits per heavy atom. The molecule has 1 N–H and O–H groups in total. The van der Waals surface area contributed by atoms with Crippen LogP contribution >= 0.6 is 22.9 Å². The van der Waals surface area contributed by atoms with Crippen molar-refractivity contribution in [2.24, 2.45) is 0 Å². The van der Waals surface area contributed by atoms with Crippen LogP contribution in [0.1, 0.15) is 0 Å². The maximum absolute atomic E-state index is 14.0. The number of nitrogens with one attached hydrogen (secondary N) is 1. The van der Waals surface area contributed by atoms with E-state index in [-0.39, 0.29) is 5.13 Å². The smallest absolute Gasteiger partial charge is 0.246 e. The molecule has 0 aliphatic heterocycles. The van der Waals surface area contributed by atoms with Gasteiger partial charge in [0.1, 0.15) is 23.2 Å². The molecule has 0 spiro atoms. The molecule has 0 saturated heterocycles. The molecule has 0 fully saturated rings. The third-order valence-corrected chi connectivity index (χ3v) is 5.89. The number of nitrogens with zero attached hydrogens (tertiary/aromatic N) is 3. The standard InChI is InChI=1S/C17H13ClF2N4O3S2/c1-29(26,27)24(14-7-6-12(19)8-13(14)20)9-15(25)21-17-23-22-16(28-17)10-2-4-11(18)5-3-10/h2-8H,9H2,1H3,(H,21,23,25). The lowest BCUT2D eigenvalue weighted by Gasteiger charge is -2.22. The van der Waals surface area contributed by atoms with Gasteiger partial charge in [-0.1, -0.05) is 35.1 Å². The summed E-state index contributed by atoms with van der Waals surface area (Å²) in [7, 11) is -4.02. The predicted octanol–water partition coefficient (Wildman–Crippen LogP) is 3.54. The van der Waals surface area contributed by atoms with Crippen LogP contribution in [0.3, 0.4) is 0 Å². The summed E-state index contributed by atoms with van der Waals surface area (Å²) in [4.78, 5) is 12.3. The van der Waals surface area contributed by atoms with Gasteiger partial charge in [0.15, 0.2) is 0 Å². The molecule has 0 aliphatic rings. The molecule has 3 aromatic rings. The van der Waals surface area contributed by atoms with Gasteiger partial charge in [0.2, 0.25) is 21.1 Å². The number of anilines is 2. The minimum absolute atomic E-state index is 0.132. The van der Waals surface area contributed by atoms with E-state index in [0.717, 1.165) is 35.3 Å². The van der Waals surface area contributed by atoms with Gasteiger partial charge >= 0.3 is 0 Å². The fraction of sp³-hybridized carbons (Fsp3) is 0.118. The van der Waals surface area contributed by atoms with Crippen molar-refractivity contribution in [1.82, 2.24) is 10.2 Å². The molecular weight excluding hydrogens is 446 g/mol. The van der Waals surface area contributed by atoms with Crippen molar-refractivity contribution in [3.8, 4) is 10.6 Å². The average molecular weight is 459 g/mol. The second kappa shape index (κ2) is 8.39. The van der Waals surface area contributed by atoms with Crippen LogP contribution < -0.4 is 9.62 Å². The van der Waals surface area contributed by atoms with E-state index in [2.05, 4.69) is 15.5 Å². The molecule has 1 amide bonds. The van der Waals surface area contributed by atoms with E-state index in [0.29, 0.717) is 20.4 Å². The summed E-state index contributed by atoms with van der Waals surface area (Å²) in [6.07, 6.45) is 0.812. The Labute approximate surface area is 174 Å². The third-order valence-electron chi connectivity index (χ3n) is 3.63. The zero-order valence-corrected chi connectivity index (χ0v) is 17.2. The quantitative estimate of drug-likeness (QED) is 0.610. The zero-order valence-electron chi connectivity index (χ0n) is 14.8. The molecule has 29 heavy (non-hydrogen) atoms. The SMILES string of the molecule is CS(=O)(=O)N(CC(=O)Nc1nnc(-c2ccc(Cl)cc2)s1)c1ccc(F)cc1F. The topological polar surface area (TPSA) is 92.3 Å². The largest absolute Gasteiger partial charge is 0.299 e. The van der Waals surface area contributed by atoms with E-state index in [9.17, 15) is 22.0 Å². The van der Waals surface area contributed by atoms with Crippen molar-refractivity contribution >= 4 is 49.7 Å². The molecule has 152 valence electrons. The molecule has 0 unspecified atom stereocenters. The molecule has 0 atom stereocenters.